The topological polar surface area (TPSA) is 49.0 Å². The van der Waals surface area contributed by atoms with Crippen molar-refractivity contribution in [2.24, 2.45) is 0 Å². The van der Waals surface area contributed by atoms with Gasteiger partial charge in [-0.2, -0.15) is 0 Å². The predicted octanol–water partition coefficient (Wildman–Crippen LogP) is 3.88. The number of thiophene rings is 2. The molecule has 23 heavy (non-hydrogen) atoms. The lowest BCUT2D eigenvalue weighted by atomic mass is 10.1. The Bertz CT molecular complexity index is 885. The first kappa shape index (κ1) is 15.3. The summed E-state index contributed by atoms with van der Waals surface area (Å²) in [5.41, 5.74) is 1.75. The largest absolute Gasteiger partial charge is 0.306 e. The molecule has 3 aromatic rings. The summed E-state index contributed by atoms with van der Waals surface area (Å²) >= 11 is 6.82. The standard InChI is InChI=1S/C16H14BrN3OS2/c17-10-6-11(23-9-10)7-20-4-3-13-12(8-20)16(21)19-15(18-13)14-2-1-5-22-14/h1-2,5-6,9H,3-4,7-8H2,(H,18,19,21). The molecule has 4 rings (SSSR count). The molecule has 1 N–H and O–H groups in total. The number of hydrogen-bond donors (Lipinski definition) is 1. The highest BCUT2D eigenvalue weighted by Gasteiger charge is 2.22. The fourth-order valence-corrected chi connectivity index (χ4v) is 4.96. The van der Waals surface area contributed by atoms with Crippen molar-refractivity contribution in [2.75, 3.05) is 6.54 Å². The minimum Gasteiger partial charge on any atom is -0.306 e. The van der Waals surface area contributed by atoms with E-state index in [2.05, 4.69) is 42.2 Å². The van der Waals surface area contributed by atoms with Crippen LogP contribution in [0.5, 0.6) is 0 Å². The Morgan fingerprint density at radius 3 is 3.04 bits per heavy atom. The van der Waals surface area contributed by atoms with Crippen LogP contribution in [0.15, 0.2) is 38.2 Å². The predicted molar refractivity (Wildman–Crippen MR) is 98.0 cm³/mol. The Balaban J connectivity index is 1.59. The third kappa shape index (κ3) is 3.19. The number of aromatic amines is 1. The van der Waals surface area contributed by atoms with Crippen molar-refractivity contribution in [3.05, 3.63) is 59.9 Å². The monoisotopic (exact) mass is 407 g/mol. The van der Waals surface area contributed by atoms with Gasteiger partial charge in [-0.3, -0.25) is 9.69 Å². The molecule has 0 aliphatic carbocycles. The first-order valence-electron chi connectivity index (χ1n) is 7.30. The van der Waals surface area contributed by atoms with Crippen LogP contribution in [0.25, 0.3) is 10.7 Å². The maximum Gasteiger partial charge on any atom is 0.255 e. The average Bonchev–Trinajstić information content (AvgIpc) is 3.20. The molecule has 0 bridgehead atoms. The first-order valence-corrected chi connectivity index (χ1v) is 9.85. The van der Waals surface area contributed by atoms with Crippen LogP contribution in [-0.4, -0.2) is 21.4 Å². The zero-order valence-electron chi connectivity index (χ0n) is 12.2. The van der Waals surface area contributed by atoms with E-state index >= 15 is 0 Å². The molecule has 0 saturated heterocycles. The highest BCUT2D eigenvalue weighted by Crippen LogP contribution is 2.25. The van der Waals surface area contributed by atoms with E-state index in [9.17, 15) is 4.79 Å². The Hall–Kier alpha value is -1.28. The van der Waals surface area contributed by atoms with E-state index in [1.165, 1.54) is 4.88 Å². The number of aromatic nitrogens is 2. The molecule has 0 amide bonds. The Kier molecular flexibility index (Phi) is 4.19. The molecule has 118 valence electrons. The van der Waals surface area contributed by atoms with Crippen molar-refractivity contribution >= 4 is 38.6 Å². The maximum absolute atomic E-state index is 12.5. The summed E-state index contributed by atoms with van der Waals surface area (Å²) in [4.78, 5) is 24.7. The minimum absolute atomic E-state index is 0.00420. The minimum atomic E-state index is -0.00420. The number of nitrogens with one attached hydrogen (secondary N) is 1. The summed E-state index contributed by atoms with van der Waals surface area (Å²) in [6.45, 7) is 2.47. The van der Waals surface area contributed by atoms with Crippen LogP contribution in [0.3, 0.4) is 0 Å². The van der Waals surface area contributed by atoms with Gasteiger partial charge in [-0.05, 0) is 33.4 Å². The lowest BCUT2D eigenvalue weighted by Gasteiger charge is -2.27. The van der Waals surface area contributed by atoms with Gasteiger partial charge in [-0.25, -0.2) is 4.98 Å². The lowest BCUT2D eigenvalue weighted by molar-refractivity contribution is 0.244. The summed E-state index contributed by atoms with van der Waals surface area (Å²) < 4.78 is 1.12. The zero-order chi connectivity index (χ0) is 15.8. The molecule has 0 spiro atoms. The fraction of sp³-hybridized carbons (Fsp3) is 0.250. The van der Waals surface area contributed by atoms with E-state index in [1.807, 2.05) is 17.5 Å². The summed E-state index contributed by atoms with van der Waals surface area (Å²) in [6, 6.07) is 6.10. The average molecular weight is 408 g/mol. The molecule has 0 atom stereocenters. The molecule has 0 fully saturated rings. The van der Waals surface area contributed by atoms with Gasteiger partial charge in [-0.15, -0.1) is 22.7 Å². The van der Waals surface area contributed by atoms with Gasteiger partial charge in [0, 0.05) is 40.8 Å². The first-order chi connectivity index (χ1) is 11.2. The Morgan fingerprint density at radius 2 is 2.30 bits per heavy atom. The number of nitrogens with zero attached hydrogens (tertiary/aromatic N) is 2. The van der Waals surface area contributed by atoms with Crippen LogP contribution in [0.1, 0.15) is 16.1 Å². The lowest BCUT2D eigenvalue weighted by Crippen LogP contribution is -2.35. The third-order valence-corrected chi connectivity index (χ3v) is 6.46. The molecule has 4 heterocycles. The highest BCUT2D eigenvalue weighted by atomic mass is 79.9. The molecule has 4 nitrogen and oxygen atoms in total. The van der Waals surface area contributed by atoms with Crippen molar-refractivity contribution in [1.82, 2.24) is 14.9 Å². The van der Waals surface area contributed by atoms with Crippen molar-refractivity contribution in [3.8, 4) is 10.7 Å². The van der Waals surface area contributed by atoms with E-state index in [1.54, 1.807) is 22.7 Å². The number of H-pyrrole nitrogens is 1. The second kappa shape index (κ2) is 6.32. The van der Waals surface area contributed by atoms with Crippen LogP contribution in [0.4, 0.5) is 0 Å². The van der Waals surface area contributed by atoms with Crippen molar-refractivity contribution in [1.29, 1.82) is 0 Å². The summed E-state index contributed by atoms with van der Waals surface area (Å²) in [5.74, 6) is 0.694. The SMILES string of the molecule is O=c1[nH]c(-c2cccs2)nc2c1CN(Cc1cc(Br)cs1)CC2. The molecule has 0 saturated carbocycles. The Labute approximate surface area is 150 Å². The molecule has 1 aliphatic heterocycles. The van der Waals surface area contributed by atoms with Crippen LogP contribution in [-0.2, 0) is 19.5 Å². The number of hydrogen-bond acceptors (Lipinski definition) is 5. The molecule has 3 aromatic heterocycles. The quantitative estimate of drug-likeness (QED) is 0.716. The van der Waals surface area contributed by atoms with E-state index < -0.39 is 0 Å². The Morgan fingerprint density at radius 1 is 1.39 bits per heavy atom. The molecular weight excluding hydrogens is 394 g/mol. The number of fused-ring (bicyclic) bond motifs is 1. The van der Waals surface area contributed by atoms with E-state index in [4.69, 9.17) is 0 Å². The fourth-order valence-electron chi connectivity index (χ4n) is 2.80. The van der Waals surface area contributed by atoms with Gasteiger partial charge in [0.15, 0.2) is 5.82 Å². The number of halogens is 1. The van der Waals surface area contributed by atoms with E-state index in [-0.39, 0.29) is 5.56 Å². The second-order valence-electron chi connectivity index (χ2n) is 5.51. The van der Waals surface area contributed by atoms with E-state index in [0.717, 1.165) is 40.1 Å². The third-order valence-electron chi connectivity index (χ3n) is 3.90. The van der Waals surface area contributed by atoms with Crippen LogP contribution < -0.4 is 5.56 Å². The van der Waals surface area contributed by atoms with Gasteiger partial charge >= 0.3 is 0 Å². The molecular formula is C16H14BrN3OS2. The van der Waals surface area contributed by atoms with Crippen molar-refractivity contribution < 1.29 is 0 Å². The van der Waals surface area contributed by atoms with Crippen LogP contribution in [0.2, 0.25) is 0 Å². The molecule has 0 radical (unpaired) electrons. The van der Waals surface area contributed by atoms with Crippen molar-refractivity contribution in [3.63, 3.8) is 0 Å². The second-order valence-corrected chi connectivity index (χ2v) is 8.37. The van der Waals surface area contributed by atoms with E-state index in [0.29, 0.717) is 12.4 Å². The summed E-state index contributed by atoms with van der Waals surface area (Å²) in [6.07, 6.45) is 0.824. The molecule has 7 heteroatoms. The summed E-state index contributed by atoms with van der Waals surface area (Å²) in [5, 5.41) is 4.09. The zero-order valence-corrected chi connectivity index (χ0v) is 15.4. The molecule has 0 aromatic carbocycles. The maximum atomic E-state index is 12.5. The van der Waals surface area contributed by atoms with Crippen LogP contribution >= 0.6 is 38.6 Å². The molecule has 0 unspecified atom stereocenters. The van der Waals surface area contributed by atoms with Gasteiger partial charge in [0.1, 0.15) is 0 Å². The normalized spacial score (nSPS) is 14.8. The van der Waals surface area contributed by atoms with Gasteiger partial charge in [0.25, 0.3) is 5.56 Å². The molecule has 1 aliphatic rings. The number of rotatable bonds is 3. The van der Waals surface area contributed by atoms with Gasteiger partial charge in [0.05, 0.1) is 16.1 Å². The van der Waals surface area contributed by atoms with Crippen LogP contribution in [0, 0.1) is 0 Å². The van der Waals surface area contributed by atoms with Gasteiger partial charge in [-0.1, -0.05) is 6.07 Å². The van der Waals surface area contributed by atoms with Crippen molar-refractivity contribution in [2.45, 2.75) is 19.5 Å². The highest BCUT2D eigenvalue weighted by molar-refractivity contribution is 9.10. The van der Waals surface area contributed by atoms with Gasteiger partial charge in [0.2, 0.25) is 0 Å². The van der Waals surface area contributed by atoms with Gasteiger partial charge < -0.3 is 4.98 Å². The summed E-state index contributed by atoms with van der Waals surface area (Å²) in [7, 11) is 0. The smallest absolute Gasteiger partial charge is 0.255 e.